The molecule has 5 rings (SSSR count). The van der Waals surface area contributed by atoms with Crippen LogP contribution in [0.3, 0.4) is 0 Å². The molecule has 0 bridgehead atoms. The molecular formula is C23H19FN4O3. The molecular weight excluding hydrogens is 399 g/mol. The number of rotatable bonds is 5. The normalized spacial score (nSPS) is 12.8. The van der Waals surface area contributed by atoms with Crippen molar-refractivity contribution in [2.75, 3.05) is 7.11 Å². The van der Waals surface area contributed by atoms with Gasteiger partial charge < -0.3 is 9.84 Å². The number of aromatic nitrogens is 4. The lowest BCUT2D eigenvalue weighted by Crippen LogP contribution is -2.08. The van der Waals surface area contributed by atoms with Gasteiger partial charge in [-0.1, -0.05) is 6.07 Å². The molecule has 8 heteroatoms. The summed E-state index contributed by atoms with van der Waals surface area (Å²) in [7, 11) is 1.42. The van der Waals surface area contributed by atoms with E-state index in [1.165, 1.54) is 13.2 Å². The first-order valence-corrected chi connectivity index (χ1v) is 9.96. The Labute approximate surface area is 177 Å². The van der Waals surface area contributed by atoms with E-state index in [-0.39, 0.29) is 12.2 Å². The van der Waals surface area contributed by atoms with Gasteiger partial charge in [-0.05, 0) is 55.2 Å². The molecule has 0 atom stereocenters. The Bertz CT molecular complexity index is 1330. The van der Waals surface area contributed by atoms with Gasteiger partial charge in [-0.15, -0.1) is 0 Å². The second-order valence-corrected chi connectivity index (χ2v) is 7.52. The summed E-state index contributed by atoms with van der Waals surface area (Å²) in [6, 6.07) is 10.1. The number of carboxylic acids is 1. The van der Waals surface area contributed by atoms with E-state index in [0.717, 1.165) is 41.4 Å². The average Bonchev–Trinajstić information content (AvgIpc) is 3.39. The van der Waals surface area contributed by atoms with Crippen LogP contribution in [0.2, 0.25) is 0 Å². The summed E-state index contributed by atoms with van der Waals surface area (Å²) >= 11 is 0. The number of methoxy groups -OCH3 is 1. The molecule has 0 aliphatic heterocycles. The number of fused-ring (bicyclic) bond motifs is 2. The number of benzene rings is 2. The second kappa shape index (κ2) is 7.46. The number of nitrogens with zero attached hydrogens (tertiary/aromatic N) is 4. The number of ether oxygens (including phenoxy) is 1. The second-order valence-electron chi connectivity index (χ2n) is 7.52. The highest BCUT2D eigenvalue weighted by molar-refractivity contribution is 5.82. The number of carbonyl (C=O) groups is 1. The van der Waals surface area contributed by atoms with Crippen molar-refractivity contribution in [3.8, 4) is 23.0 Å². The minimum absolute atomic E-state index is 0.0444. The maximum absolute atomic E-state index is 14.3. The third-order valence-electron chi connectivity index (χ3n) is 5.51. The number of carboxylic acid groups (broad SMARTS) is 1. The van der Waals surface area contributed by atoms with Crippen LogP contribution in [0.15, 0.2) is 42.6 Å². The zero-order valence-corrected chi connectivity index (χ0v) is 16.8. The Morgan fingerprint density at radius 1 is 1.19 bits per heavy atom. The molecule has 0 saturated carbocycles. The first-order valence-electron chi connectivity index (χ1n) is 9.96. The summed E-state index contributed by atoms with van der Waals surface area (Å²) < 4.78 is 21.0. The van der Waals surface area contributed by atoms with E-state index in [1.807, 2.05) is 12.1 Å². The fraction of sp³-hybridized carbons (Fsp3) is 0.217. The zero-order valence-electron chi connectivity index (χ0n) is 16.8. The monoisotopic (exact) mass is 418 g/mol. The number of hydrogen-bond acceptors (Lipinski definition) is 5. The Morgan fingerprint density at radius 3 is 2.84 bits per heavy atom. The molecule has 0 spiro atoms. The number of halogens is 1. The van der Waals surface area contributed by atoms with E-state index < -0.39 is 11.8 Å². The van der Waals surface area contributed by atoms with Crippen molar-refractivity contribution < 1.29 is 19.0 Å². The lowest BCUT2D eigenvalue weighted by atomic mass is 10.1. The van der Waals surface area contributed by atoms with E-state index in [4.69, 9.17) is 19.8 Å². The van der Waals surface area contributed by atoms with Crippen LogP contribution >= 0.6 is 0 Å². The third-order valence-corrected chi connectivity index (χ3v) is 5.51. The van der Waals surface area contributed by atoms with E-state index >= 15 is 0 Å². The summed E-state index contributed by atoms with van der Waals surface area (Å²) in [6.45, 7) is 0. The smallest absolute Gasteiger partial charge is 0.307 e. The van der Waals surface area contributed by atoms with Gasteiger partial charge in [0.25, 0.3) is 0 Å². The van der Waals surface area contributed by atoms with Crippen molar-refractivity contribution in [2.45, 2.75) is 25.7 Å². The molecule has 0 amide bonds. The summed E-state index contributed by atoms with van der Waals surface area (Å²) in [4.78, 5) is 20.5. The molecule has 7 nitrogen and oxygen atoms in total. The van der Waals surface area contributed by atoms with Gasteiger partial charge in [0.2, 0.25) is 0 Å². The molecule has 0 fully saturated rings. The lowest BCUT2D eigenvalue weighted by molar-refractivity contribution is -0.136. The van der Waals surface area contributed by atoms with Crippen LogP contribution in [0.4, 0.5) is 4.39 Å². The van der Waals surface area contributed by atoms with Gasteiger partial charge in [0, 0.05) is 22.2 Å². The topological polar surface area (TPSA) is 90.1 Å². The summed E-state index contributed by atoms with van der Waals surface area (Å²) in [6.07, 6.45) is 4.31. The summed E-state index contributed by atoms with van der Waals surface area (Å²) in [5.74, 6) is -0.0729. The Morgan fingerprint density at radius 2 is 2.06 bits per heavy atom. The van der Waals surface area contributed by atoms with Crippen molar-refractivity contribution in [1.82, 2.24) is 19.7 Å². The van der Waals surface area contributed by atoms with Crippen LogP contribution in [-0.2, 0) is 24.1 Å². The predicted molar refractivity (Wildman–Crippen MR) is 112 cm³/mol. The van der Waals surface area contributed by atoms with Gasteiger partial charge in [-0.3, -0.25) is 4.79 Å². The number of aryl methyl sites for hydroxylation is 1. The lowest BCUT2D eigenvalue weighted by Gasteiger charge is -2.12. The van der Waals surface area contributed by atoms with Crippen molar-refractivity contribution in [1.29, 1.82) is 0 Å². The van der Waals surface area contributed by atoms with Crippen LogP contribution in [0, 0.1) is 5.82 Å². The summed E-state index contributed by atoms with van der Waals surface area (Å²) in [5, 5.41) is 14.4. The first kappa shape index (κ1) is 19.2. The average molecular weight is 418 g/mol. The number of hydrogen-bond donors (Lipinski definition) is 1. The molecule has 2 aromatic heterocycles. The Hall–Kier alpha value is -3.81. The first-order chi connectivity index (χ1) is 15.0. The Kier molecular flexibility index (Phi) is 4.62. The third kappa shape index (κ3) is 3.39. The molecule has 0 saturated heterocycles. The van der Waals surface area contributed by atoms with Crippen LogP contribution in [0.1, 0.15) is 23.2 Å². The Balaban J connectivity index is 1.64. The molecule has 1 N–H and O–H groups in total. The largest absolute Gasteiger partial charge is 0.494 e. The highest BCUT2D eigenvalue weighted by Crippen LogP contribution is 2.31. The molecule has 2 aromatic carbocycles. The zero-order chi connectivity index (χ0) is 21.5. The van der Waals surface area contributed by atoms with Crippen LogP contribution in [0.25, 0.3) is 28.1 Å². The van der Waals surface area contributed by atoms with Gasteiger partial charge in [-0.25, -0.2) is 19.0 Å². The minimum Gasteiger partial charge on any atom is -0.494 e. The highest BCUT2D eigenvalue weighted by Gasteiger charge is 2.23. The van der Waals surface area contributed by atoms with Gasteiger partial charge in [-0.2, -0.15) is 5.10 Å². The van der Waals surface area contributed by atoms with E-state index in [2.05, 4.69) is 5.10 Å². The van der Waals surface area contributed by atoms with Crippen molar-refractivity contribution in [2.24, 2.45) is 0 Å². The van der Waals surface area contributed by atoms with Gasteiger partial charge in [0.05, 0.1) is 25.2 Å². The van der Waals surface area contributed by atoms with Gasteiger partial charge in [0.1, 0.15) is 0 Å². The molecule has 2 heterocycles. The van der Waals surface area contributed by atoms with E-state index in [9.17, 15) is 9.18 Å². The van der Waals surface area contributed by atoms with E-state index in [1.54, 1.807) is 29.1 Å². The standard InChI is InChI=1S/C23H19FN4O3/c1-31-20-8-6-14(11-17(20)24)22-26-18-4-2-3-16(18)23(27-22)28-19-7-5-13(10-21(29)30)9-15(19)12-25-28/h5-9,11-12H,2-4,10H2,1H3,(H,29,30). The van der Waals surface area contributed by atoms with Gasteiger partial charge in [0.15, 0.2) is 23.2 Å². The number of aliphatic carboxylic acids is 1. The fourth-order valence-corrected chi connectivity index (χ4v) is 4.06. The SMILES string of the molecule is COc1ccc(-c2nc3c(c(-n4ncc5cc(CC(=O)O)ccc54)n2)CCC3)cc1F. The molecule has 156 valence electrons. The molecule has 31 heavy (non-hydrogen) atoms. The van der Waals surface area contributed by atoms with Crippen molar-refractivity contribution >= 4 is 16.9 Å². The quantitative estimate of drug-likeness (QED) is 0.531. The maximum atomic E-state index is 14.3. The predicted octanol–water partition coefficient (Wildman–Crippen LogP) is 3.75. The van der Waals surface area contributed by atoms with Gasteiger partial charge >= 0.3 is 5.97 Å². The van der Waals surface area contributed by atoms with E-state index in [0.29, 0.717) is 22.8 Å². The van der Waals surface area contributed by atoms with Crippen LogP contribution in [-0.4, -0.2) is 37.9 Å². The van der Waals surface area contributed by atoms with Crippen molar-refractivity contribution in [3.05, 3.63) is 65.2 Å². The molecule has 0 unspecified atom stereocenters. The van der Waals surface area contributed by atoms with Crippen LogP contribution in [0.5, 0.6) is 5.75 Å². The maximum Gasteiger partial charge on any atom is 0.307 e. The summed E-state index contributed by atoms with van der Waals surface area (Å²) in [5.41, 5.74) is 4.09. The fourth-order valence-electron chi connectivity index (χ4n) is 4.06. The molecule has 1 aliphatic carbocycles. The molecule has 4 aromatic rings. The van der Waals surface area contributed by atoms with Crippen molar-refractivity contribution in [3.63, 3.8) is 0 Å². The molecule has 1 aliphatic rings. The highest BCUT2D eigenvalue weighted by atomic mass is 19.1. The van der Waals surface area contributed by atoms with Crippen LogP contribution < -0.4 is 4.74 Å². The minimum atomic E-state index is -0.878. The molecule has 0 radical (unpaired) electrons.